The summed E-state index contributed by atoms with van der Waals surface area (Å²) in [6.45, 7) is 3.22. The van der Waals surface area contributed by atoms with Crippen LogP contribution in [-0.4, -0.2) is 34.1 Å². The van der Waals surface area contributed by atoms with E-state index in [0.29, 0.717) is 35.6 Å². The summed E-state index contributed by atoms with van der Waals surface area (Å²) < 4.78 is 7.37. The maximum Gasteiger partial charge on any atom is 0.257 e. The van der Waals surface area contributed by atoms with Crippen molar-refractivity contribution in [2.45, 2.75) is 45.6 Å². The number of ether oxygens (including phenoxy) is 1. The fourth-order valence-electron chi connectivity index (χ4n) is 4.12. The largest absolute Gasteiger partial charge is 0.496 e. The number of nitrogens with two attached hydrogens (primary N) is 1. The molecule has 0 fully saturated rings. The standard InChI is InChI=1S/C26H31N5O2/c1-3-4-5-6-11-16-28-26(32)22-23-25(30-20-14-9-8-13-19(20)29-23)31(24(22)27)17-18-12-7-10-15-21(18)33-2/h7-10,12-15H,3-6,11,16-17,27H2,1-2H3,(H,28,32). The van der Waals surface area contributed by atoms with Crippen molar-refractivity contribution in [3.63, 3.8) is 0 Å². The highest BCUT2D eigenvalue weighted by Crippen LogP contribution is 2.30. The van der Waals surface area contributed by atoms with Crippen LogP contribution in [0.1, 0.15) is 54.9 Å². The molecular weight excluding hydrogens is 414 g/mol. The Balaban J connectivity index is 1.72. The van der Waals surface area contributed by atoms with Crippen LogP contribution in [0.2, 0.25) is 0 Å². The van der Waals surface area contributed by atoms with Crippen LogP contribution in [0.3, 0.4) is 0 Å². The summed E-state index contributed by atoms with van der Waals surface area (Å²) in [5.74, 6) is 0.900. The molecule has 172 valence electrons. The van der Waals surface area contributed by atoms with Crippen molar-refractivity contribution in [1.82, 2.24) is 19.9 Å². The molecule has 0 saturated heterocycles. The predicted molar refractivity (Wildman–Crippen MR) is 133 cm³/mol. The first kappa shape index (κ1) is 22.6. The highest BCUT2D eigenvalue weighted by Gasteiger charge is 2.24. The summed E-state index contributed by atoms with van der Waals surface area (Å²) in [6.07, 6.45) is 5.65. The molecule has 7 nitrogen and oxygen atoms in total. The zero-order valence-electron chi connectivity index (χ0n) is 19.3. The van der Waals surface area contributed by atoms with Crippen LogP contribution in [0.4, 0.5) is 5.82 Å². The van der Waals surface area contributed by atoms with Gasteiger partial charge in [-0.3, -0.25) is 4.79 Å². The van der Waals surface area contributed by atoms with Crippen LogP contribution in [0.15, 0.2) is 48.5 Å². The second-order valence-corrected chi connectivity index (χ2v) is 8.21. The van der Waals surface area contributed by atoms with Gasteiger partial charge in [-0.05, 0) is 24.6 Å². The third-order valence-corrected chi connectivity index (χ3v) is 5.91. The Morgan fingerprint density at radius 2 is 1.70 bits per heavy atom. The minimum Gasteiger partial charge on any atom is -0.496 e. The average molecular weight is 446 g/mol. The van der Waals surface area contributed by atoms with Gasteiger partial charge in [-0.25, -0.2) is 9.97 Å². The molecule has 0 saturated carbocycles. The molecule has 0 atom stereocenters. The average Bonchev–Trinajstić information content (AvgIpc) is 3.10. The van der Waals surface area contributed by atoms with Crippen LogP contribution in [0.25, 0.3) is 22.2 Å². The van der Waals surface area contributed by atoms with E-state index in [1.807, 2.05) is 53.1 Å². The van der Waals surface area contributed by atoms with Crippen molar-refractivity contribution in [3.05, 3.63) is 59.7 Å². The van der Waals surface area contributed by atoms with E-state index < -0.39 is 0 Å². The van der Waals surface area contributed by atoms with E-state index in [9.17, 15) is 4.79 Å². The van der Waals surface area contributed by atoms with Gasteiger partial charge >= 0.3 is 0 Å². The first-order valence-corrected chi connectivity index (χ1v) is 11.6. The molecule has 2 heterocycles. The number of methoxy groups -OCH3 is 1. The molecule has 33 heavy (non-hydrogen) atoms. The molecule has 4 aromatic rings. The second kappa shape index (κ2) is 10.3. The Hall–Kier alpha value is -3.61. The first-order chi connectivity index (χ1) is 16.1. The molecule has 0 spiro atoms. The number of hydrogen-bond acceptors (Lipinski definition) is 5. The van der Waals surface area contributed by atoms with Crippen molar-refractivity contribution in [3.8, 4) is 5.75 Å². The number of fused-ring (bicyclic) bond motifs is 2. The number of nitrogens with one attached hydrogen (secondary N) is 1. The first-order valence-electron chi connectivity index (χ1n) is 11.6. The molecule has 7 heteroatoms. The van der Waals surface area contributed by atoms with Crippen molar-refractivity contribution in [2.24, 2.45) is 0 Å². The number of benzene rings is 2. The minimum absolute atomic E-state index is 0.212. The molecule has 0 radical (unpaired) electrons. The van der Waals surface area contributed by atoms with E-state index in [1.165, 1.54) is 19.3 Å². The van der Waals surface area contributed by atoms with Crippen LogP contribution in [-0.2, 0) is 6.54 Å². The fourth-order valence-corrected chi connectivity index (χ4v) is 4.12. The number of aromatic nitrogens is 3. The summed E-state index contributed by atoms with van der Waals surface area (Å²) >= 11 is 0. The summed E-state index contributed by atoms with van der Waals surface area (Å²) in [6, 6.07) is 15.4. The third-order valence-electron chi connectivity index (χ3n) is 5.91. The Kier molecular flexibility index (Phi) is 7.07. The number of para-hydroxylation sites is 3. The van der Waals surface area contributed by atoms with Crippen LogP contribution < -0.4 is 15.8 Å². The van der Waals surface area contributed by atoms with E-state index in [1.54, 1.807) is 7.11 Å². The third kappa shape index (κ3) is 4.77. The van der Waals surface area contributed by atoms with Crippen molar-refractivity contribution in [2.75, 3.05) is 19.4 Å². The van der Waals surface area contributed by atoms with Crippen LogP contribution in [0, 0.1) is 0 Å². The molecule has 0 aliphatic carbocycles. The summed E-state index contributed by atoms with van der Waals surface area (Å²) in [4.78, 5) is 22.8. The normalized spacial score (nSPS) is 11.2. The molecule has 4 rings (SSSR count). The van der Waals surface area contributed by atoms with E-state index >= 15 is 0 Å². The number of carbonyl (C=O) groups is 1. The number of nitrogen functional groups attached to an aromatic ring is 1. The number of anilines is 1. The molecular formula is C26H31N5O2. The highest BCUT2D eigenvalue weighted by atomic mass is 16.5. The number of amides is 1. The zero-order valence-corrected chi connectivity index (χ0v) is 19.3. The van der Waals surface area contributed by atoms with Gasteiger partial charge in [0.1, 0.15) is 22.6 Å². The summed E-state index contributed by atoms with van der Waals surface area (Å²) in [7, 11) is 1.64. The van der Waals surface area contributed by atoms with Gasteiger partial charge in [0.2, 0.25) is 0 Å². The highest BCUT2D eigenvalue weighted by molar-refractivity contribution is 6.10. The maximum absolute atomic E-state index is 13.2. The lowest BCUT2D eigenvalue weighted by Crippen LogP contribution is -2.25. The maximum atomic E-state index is 13.2. The molecule has 2 aromatic heterocycles. The number of nitrogens with zero attached hydrogens (tertiary/aromatic N) is 3. The van der Waals surface area contributed by atoms with E-state index in [-0.39, 0.29) is 5.91 Å². The molecule has 2 aromatic carbocycles. The Morgan fingerprint density at radius 1 is 1.00 bits per heavy atom. The summed E-state index contributed by atoms with van der Waals surface area (Å²) in [5.41, 5.74) is 10.5. The smallest absolute Gasteiger partial charge is 0.257 e. The summed E-state index contributed by atoms with van der Waals surface area (Å²) in [5, 5.41) is 3.03. The van der Waals surface area contributed by atoms with Crippen molar-refractivity contribution < 1.29 is 9.53 Å². The van der Waals surface area contributed by atoms with E-state index in [4.69, 9.17) is 20.4 Å². The van der Waals surface area contributed by atoms with Gasteiger partial charge in [0.15, 0.2) is 5.65 Å². The van der Waals surface area contributed by atoms with Gasteiger partial charge < -0.3 is 20.4 Å². The SMILES string of the molecule is CCCCCCCNC(=O)c1c(N)n(Cc2ccccc2OC)c2nc3ccccc3nc12. The van der Waals surface area contributed by atoms with Crippen molar-refractivity contribution in [1.29, 1.82) is 0 Å². The van der Waals surface area contributed by atoms with Gasteiger partial charge in [-0.1, -0.05) is 62.9 Å². The molecule has 0 unspecified atom stereocenters. The predicted octanol–water partition coefficient (Wildman–Crippen LogP) is 4.92. The number of hydrogen-bond donors (Lipinski definition) is 2. The Morgan fingerprint density at radius 3 is 2.45 bits per heavy atom. The van der Waals surface area contributed by atoms with Crippen LogP contribution in [0.5, 0.6) is 5.75 Å². The van der Waals surface area contributed by atoms with Gasteiger partial charge in [-0.15, -0.1) is 0 Å². The zero-order chi connectivity index (χ0) is 23.2. The minimum atomic E-state index is -0.212. The van der Waals surface area contributed by atoms with E-state index in [0.717, 1.165) is 35.2 Å². The van der Waals surface area contributed by atoms with Gasteiger partial charge in [0.25, 0.3) is 5.91 Å². The molecule has 0 aliphatic rings. The monoisotopic (exact) mass is 445 g/mol. The van der Waals surface area contributed by atoms with E-state index in [2.05, 4.69) is 12.2 Å². The second-order valence-electron chi connectivity index (χ2n) is 8.21. The molecule has 0 aliphatic heterocycles. The van der Waals surface area contributed by atoms with Gasteiger partial charge in [-0.2, -0.15) is 0 Å². The molecule has 0 bridgehead atoms. The topological polar surface area (TPSA) is 95.1 Å². The molecule has 1 amide bonds. The lowest BCUT2D eigenvalue weighted by Gasteiger charge is -2.11. The quantitative estimate of drug-likeness (QED) is 0.338. The fraction of sp³-hybridized carbons (Fsp3) is 0.346. The van der Waals surface area contributed by atoms with Gasteiger partial charge in [0.05, 0.1) is 24.7 Å². The number of carbonyl (C=O) groups excluding carboxylic acids is 1. The van der Waals surface area contributed by atoms with Crippen molar-refractivity contribution >= 4 is 33.9 Å². The van der Waals surface area contributed by atoms with Gasteiger partial charge in [0, 0.05) is 12.1 Å². The lowest BCUT2D eigenvalue weighted by atomic mass is 10.1. The molecule has 3 N–H and O–H groups in total. The van der Waals surface area contributed by atoms with Crippen LogP contribution >= 0.6 is 0 Å². The number of unbranched alkanes of at least 4 members (excludes halogenated alkanes) is 4. The Bertz CT molecular complexity index is 1260. The number of rotatable bonds is 10. The Labute approximate surface area is 194 Å². The lowest BCUT2D eigenvalue weighted by molar-refractivity contribution is 0.0955.